The van der Waals surface area contributed by atoms with Crippen LogP contribution in [0.1, 0.15) is 20.3 Å². The summed E-state index contributed by atoms with van der Waals surface area (Å²) in [6.45, 7) is 4.01. The van der Waals surface area contributed by atoms with Gasteiger partial charge in [0.15, 0.2) is 9.31 Å². The molecule has 0 fully saturated rings. The van der Waals surface area contributed by atoms with Crippen LogP contribution in [0.5, 0.6) is 0 Å². The molecule has 0 aliphatic carbocycles. The number of rotatable bonds is 4. The molecule has 0 saturated carbocycles. The molecule has 0 spiro atoms. The van der Waals surface area contributed by atoms with E-state index in [1.807, 2.05) is 13.8 Å². The van der Waals surface area contributed by atoms with Crippen molar-refractivity contribution in [3.8, 4) is 0 Å². The largest absolute Gasteiger partial charge is 0.421 e. The zero-order valence-corrected chi connectivity index (χ0v) is 7.53. The lowest BCUT2D eigenvalue weighted by Gasteiger charge is -1.98. The summed E-state index contributed by atoms with van der Waals surface area (Å²) in [7, 11) is -0.406. The van der Waals surface area contributed by atoms with E-state index < -0.39 is 9.31 Å². The smallest absolute Gasteiger partial charge is 0.171 e. The summed E-state index contributed by atoms with van der Waals surface area (Å²) in [4.78, 5) is 13.8. The Morgan fingerprint density at radius 3 is 2.70 bits per heavy atom. The SMILES string of the molecule is CC(C)CC(=O)C[SiH]=NO. The van der Waals surface area contributed by atoms with Crippen LogP contribution in [-0.4, -0.2) is 20.3 Å². The van der Waals surface area contributed by atoms with E-state index in [0.717, 1.165) is 0 Å². The van der Waals surface area contributed by atoms with Crippen LogP contribution < -0.4 is 0 Å². The lowest BCUT2D eigenvalue weighted by atomic mass is 10.1. The van der Waals surface area contributed by atoms with Gasteiger partial charge >= 0.3 is 0 Å². The topological polar surface area (TPSA) is 49.7 Å². The Bertz CT molecular complexity index is 134. The number of hydrogen-bond acceptors (Lipinski definition) is 3. The van der Waals surface area contributed by atoms with Gasteiger partial charge in [-0.3, -0.25) is 4.79 Å². The fourth-order valence-electron chi connectivity index (χ4n) is 0.681. The van der Waals surface area contributed by atoms with Crippen LogP contribution in [0.15, 0.2) is 4.80 Å². The number of nitrogens with zero attached hydrogens (tertiary/aromatic N) is 1. The number of carbonyl (C=O) groups excluding carboxylic acids is 1. The van der Waals surface area contributed by atoms with Gasteiger partial charge in [-0.15, -0.1) is 0 Å². The van der Waals surface area contributed by atoms with E-state index in [-0.39, 0.29) is 5.78 Å². The lowest BCUT2D eigenvalue weighted by Crippen LogP contribution is -2.02. The molecule has 3 nitrogen and oxygen atoms in total. The maximum absolute atomic E-state index is 10.9. The van der Waals surface area contributed by atoms with Gasteiger partial charge in [-0.05, 0) is 5.92 Å². The normalized spacial score (nSPS) is 11.1. The Labute approximate surface area is 63.0 Å². The third kappa shape index (κ3) is 5.62. The molecular formula is C6H13NO2Si. The molecule has 0 radical (unpaired) electrons. The van der Waals surface area contributed by atoms with E-state index in [9.17, 15) is 4.79 Å². The van der Waals surface area contributed by atoms with Crippen molar-refractivity contribution >= 4 is 15.1 Å². The maximum Gasteiger partial charge on any atom is 0.171 e. The van der Waals surface area contributed by atoms with Crippen molar-refractivity contribution < 1.29 is 10.0 Å². The minimum Gasteiger partial charge on any atom is -0.421 e. The highest BCUT2D eigenvalue weighted by atomic mass is 28.2. The van der Waals surface area contributed by atoms with E-state index in [4.69, 9.17) is 5.21 Å². The lowest BCUT2D eigenvalue weighted by molar-refractivity contribution is -0.117. The highest BCUT2D eigenvalue weighted by Gasteiger charge is 2.02. The zero-order valence-electron chi connectivity index (χ0n) is 6.37. The summed E-state index contributed by atoms with van der Waals surface area (Å²) >= 11 is 0. The summed E-state index contributed by atoms with van der Waals surface area (Å²) in [6, 6.07) is 0.453. The number of carbonyl (C=O) groups is 1. The van der Waals surface area contributed by atoms with Gasteiger partial charge < -0.3 is 5.21 Å². The molecular weight excluding hydrogens is 146 g/mol. The van der Waals surface area contributed by atoms with Crippen molar-refractivity contribution in [3.05, 3.63) is 0 Å². The molecule has 0 aromatic heterocycles. The van der Waals surface area contributed by atoms with Gasteiger partial charge in [0.1, 0.15) is 5.78 Å². The molecule has 4 heteroatoms. The first-order valence-electron chi connectivity index (χ1n) is 3.34. The third-order valence-corrected chi connectivity index (χ3v) is 1.84. The highest BCUT2D eigenvalue weighted by molar-refractivity contribution is 6.29. The molecule has 0 heterocycles. The van der Waals surface area contributed by atoms with Crippen LogP contribution in [0.3, 0.4) is 0 Å². The van der Waals surface area contributed by atoms with Gasteiger partial charge in [-0.2, -0.15) is 4.80 Å². The Morgan fingerprint density at radius 1 is 1.70 bits per heavy atom. The minimum absolute atomic E-state index is 0.211. The summed E-state index contributed by atoms with van der Waals surface area (Å²) in [5.41, 5.74) is 0. The fraction of sp³-hybridized carbons (Fsp3) is 0.833. The van der Waals surface area contributed by atoms with Crippen LogP contribution in [-0.2, 0) is 4.79 Å². The first-order chi connectivity index (χ1) is 4.66. The van der Waals surface area contributed by atoms with Crippen molar-refractivity contribution in [2.24, 2.45) is 10.7 Å². The highest BCUT2D eigenvalue weighted by Crippen LogP contribution is 2.01. The summed E-state index contributed by atoms with van der Waals surface area (Å²) in [6.07, 6.45) is 0.614. The average molecular weight is 159 g/mol. The van der Waals surface area contributed by atoms with Gasteiger partial charge in [0.2, 0.25) is 0 Å². The van der Waals surface area contributed by atoms with E-state index >= 15 is 0 Å². The number of Topliss-reactive ketones (excluding diaryl/α,β-unsaturated/α-hetero) is 1. The second-order valence-corrected chi connectivity index (χ2v) is 3.64. The van der Waals surface area contributed by atoms with Gasteiger partial charge in [-0.25, -0.2) is 0 Å². The number of ketones is 1. The predicted molar refractivity (Wildman–Crippen MR) is 40.6 cm³/mol. The van der Waals surface area contributed by atoms with Crippen LogP contribution in [0, 0.1) is 5.92 Å². The minimum atomic E-state index is -0.406. The predicted octanol–water partition coefficient (Wildman–Crippen LogP) is 1.03. The van der Waals surface area contributed by atoms with Gasteiger partial charge in [0.05, 0.1) is 0 Å². The molecule has 0 unspecified atom stereocenters. The molecule has 0 saturated heterocycles. The Kier molecular flexibility index (Phi) is 5.01. The molecule has 0 aromatic carbocycles. The fourth-order valence-corrected chi connectivity index (χ4v) is 1.13. The van der Waals surface area contributed by atoms with Crippen molar-refractivity contribution in [2.75, 3.05) is 0 Å². The molecule has 10 heavy (non-hydrogen) atoms. The molecule has 0 rings (SSSR count). The van der Waals surface area contributed by atoms with E-state index in [1.54, 1.807) is 0 Å². The van der Waals surface area contributed by atoms with Crippen molar-refractivity contribution in [1.29, 1.82) is 0 Å². The molecule has 0 aliphatic rings. The molecule has 0 aliphatic heterocycles. The Morgan fingerprint density at radius 2 is 2.30 bits per heavy atom. The molecule has 0 atom stereocenters. The van der Waals surface area contributed by atoms with Crippen molar-refractivity contribution in [1.82, 2.24) is 0 Å². The molecule has 0 aromatic rings. The van der Waals surface area contributed by atoms with E-state index in [1.165, 1.54) is 0 Å². The van der Waals surface area contributed by atoms with Crippen LogP contribution in [0.2, 0.25) is 6.04 Å². The van der Waals surface area contributed by atoms with Gasteiger partial charge in [-0.1, -0.05) is 13.8 Å². The molecule has 58 valence electrons. The monoisotopic (exact) mass is 159 g/mol. The standard InChI is InChI=1S/C6H13NO2Si/c1-5(2)3-6(8)4-10-7-9/h5,9-10H,3-4H2,1-2H3. The van der Waals surface area contributed by atoms with Crippen LogP contribution >= 0.6 is 0 Å². The molecule has 0 bridgehead atoms. The Hall–Kier alpha value is -0.513. The Balaban J connectivity index is 3.44. The second kappa shape index (κ2) is 5.29. The van der Waals surface area contributed by atoms with Crippen LogP contribution in [0.25, 0.3) is 0 Å². The first kappa shape index (κ1) is 9.49. The summed E-state index contributed by atoms with van der Waals surface area (Å²) < 4.78 is 0. The van der Waals surface area contributed by atoms with E-state index in [0.29, 0.717) is 18.4 Å². The zero-order chi connectivity index (χ0) is 7.98. The van der Waals surface area contributed by atoms with E-state index in [2.05, 4.69) is 4.80 Å². The first-order valence-corrected chi connectivity index (χ1v) is 4.67. The van der Waals surface area contributed by atoms with Gasteiger partial charge in [0.25, 0.3) is 0 Å². The van der Waals surface area contributed by atoms with Crippen molar-refractivity contribution in [3.63, 3.8) is 0 Å². The second-order valence-electron chi connectivity index (χ2n) is 2.64. The molecule has 0 amide bonds. The average Bonchev–Trinajstić information content (AvgIpc) is 1.82. The van der Waals surface area contributed by atoms with Crippen LogP contribution in [0.4, 0.5) is 0 Å². The third-order valence-electron chi connectivity index (χ3n) is 1.04. The number of hydrogen-bond donors (Lipinski definition) is 1. The quantitative estimate of drug-likeness (QED) is 0.492. The van der Waals surface area contributed by atoms with Crippen molar-refractivity contribution in [2.45, 2.75) is 26.3 Å². The van der Waals surface area contributed by atoms with Gasteiger partial charge in [0, 0.05) is 12.5 Å². The maximum atomic E-state index is 10.9. The summed E-state index contributed by atoms with van der Waals surface area (Å²) in [5, 5.41) is 8.06. The molecule has 1 N–H and O–H groups in total. The summed E-state index contributed by atoms with van der Waals surface area (Å²) in [5.74, 6) is 0.633.